The van der Waals surface area contributed by atoms with Crippen molar-refractivity contribution in [2.24, 2.45) is 4.99 Å². The number of aliphatic imine (C=N–C) groups is 1. The van der Waals surface area contributed by atoms with E-state index in [1.165, 1.54) is 32.1 Å². The summed E-state index contributed by atoms with van der Waals surface area (Å²) in [7, 11) is 0. The number of aliphatic hydroxyl groups is 1. The molecule has 1 rings (SSSR count). The van der Waals surface area contributed by atoms with Crippen LogP contribution in [0.3, 0.4) is 0 Å². The number of amidine groups is 1. The van der Waals surface area contributed by atoms with Gasteiger partial charge in [0.05, 0.1) is 6.54 Å². The largest absolute Gasteiger partial charge is 0.374 e. The lowest BCUT2D eigenvalue weighted by Crippen LogP contribution is -2.35. The Morgan fingerprint density at radius 3 is 2.82 bits per heavy atom. The van der Waals surface area contributed by atoms with Gasteiger partial charge in [0.2, 0.25) is 0 Å². The maximum absolute atomic E-state index is 9.56. The van der Waals surface area contributed by atoms with Crippen LogP contribution in [-0.4, -0.2) is 35.2 Å². The van der Waals surface area contributed by atoms with Crippen molar-refractivity contribution in [3.63, 3.8) is 0 Å². The highest BCUT2D eigenvalue weighted by Gasteiger charge is 2.19. The summed E-state index contributed by atoms with van der Waals surface area (Å²) in [4.78, 5) is 6.47. The van der Waals surface area contributed by atoms with Crippen molar-refractivity contribution in [3.05, 3.63) is 12.2 Å². The summed E-state index contributed by atoms with van der Waals surface area (Å²) in [6, 6.07) is 0. The molecule has 1 atom stereocenters. The second-order valence-corrected chi connectivity index (χ2v) is 4.65. The second kappa shape index (κ2) is 8.29. The number of rotatable bonds is 8. The number of hydrogen-bond acceptors (Lipinski definition) is 3. The number of nitrogens with zero attached hydrogens (tertiary/aromatic N) is 2. The first-order valence-electron chi connectivity index (χ1n) is 6.85. The zero-order valence-corrected chi connectivity index (χ0v) is 11.2. The smallest absolute Gasteiger partial charge is 0.125 e. The van der Waals surface area contributed by atoms with E-state index in [-0.39, 0.29) is 6.23 Å². The van der Waals surface area contributed by atoms with Gasteiger partial charge >= 0.3 is 0 Å². The van der Waals surface area contributed by atoms with Gasteiger partial charge in [0.15, 0.2) is 0 Å². The van der Waals surface area contributed by atoms with Crippen LogP contribution < -0.4 is 0 Å². The third kappa shape index (κ3) is 5.35. The van der Waals surface area contributed by atoms with E-state index in [0.29, 0.717) is 0 Å². The van der Waals surface area contributed by atoms with Crippen LogP contribution in [-0.2, 0) is 0 Å². The minimum atomic E-state index is -0.383. The lowest BCUT2D eigenvalue weighted by Gasteiger charge is -2.23. The van der Waals surface area contributed by atoms with Crippen LogP contribution in [0.15, 0.2) is 17.1 Å². The van der Waals surface area contributed by atoms with Crippen LogP contribution in [0.5, 0.6) is 0 Å². The summed E-state index contributed by atoms with van der Waals surface area (Å²) in [5, 5.41) is 9.56. The topological polar surface area (TPSA) is 35.8 Å². The Morgan fingerprint density at radius 1 is 1.35 bits per heavy atom. The molecular weight excluding hydrogens is 212 g/mol. The van der Waals surface area contributed by atoms with E-state index in [1.54, 1.807) is 0 Å². The Morgan fingerprint density at radius 2 is 2.12 bits per heavy atom. The van der Waals surface area contributed by atoms with E-state index in [0.717, 1.165) is 25.3 Å². The maximum atomic E-state index is 9.56. The molecular formula is C14H26N2O. The first-order valence-corrected chi connectivity index (χ1v) is 6.85. The van der Waals surface area contributed by atoms with Crippen LogP contribution in [0, 0.1) is 0 Å². The molecule has 0 bridgehead atoms. The fourth-order valence-electron chi connectivity index (χ4n) is 2.20. The molecule has 1 heterocycles. The summed E-state index contributed by atoms with van der Waals surface area (Å²) >= 11 is 0. The van der Waals surface area contributed by atoms with Crippen molar-refractivity contribution in [2.75, 3.05) is 13.1 Å². The van der Waals surface area contributed by atoms with Crippen LogP contribution in [0.25, 0.3) is 0 Å². The molecule has 0 aromatic carbocycles. The molecule has 0 radical (unpaired) electrons. The van der Waals surface area contributed by atoms with Gasteiger partial charge in [0.1, 0.15) is 12.1 Å². The molecule has 1 unspecified atom stereocenters. The Kier molecular flexibility index (Phi) is 6.94. The average Bonchev–Trinajstić information content (AvgIpc) is 2.76. The van der Waals surface area contributed by atoms with Gasteiger partial charge in [-0.25, -0.2) is 0 Å². The van der Waals surface area contributed by atoms with E-state index < -0.39 is 0 Å². The lowest BCUT2D eigenvalue weighted by atomic mass is 10.1. The van der Waals surface area contributed by atoms with E-state index in [4.69, 9.17) is 0 Å². The SMILES string of the molecule is C/C=C/CCCCCCC1=NCCN1C(C)O. The molecule has 98 valence electrons. The van der Waals surface area contributed by atoms with Crippen molar-refractivity contribution in [1.29, 1.82) is 0 Å². The molecule has 0 saturated carbocycles. The summed E-state index contributed by atoms with van der Waals surface area (Å²) in [6.07, 6.45) is 11.2. The highest BCUT2D eigenvalue weighted by molar-refractivity contribution is 5.83. The van der Waals surface area contributed by atoms with Crippen LogP contribution in [0.1, 0.15) is 52.4 Å². The molecule has 0 aliphatic carbocycles. The molecule has 3 heteroatoms. The molecule has 17 heavy (non-hydrogen) atoms. The highest BCUT2D eigenvalue weighted by Crippen LogP contribution is 2.13. The van der Waals surface area contributed by atoms with Crippen molar-refractivity contribution >= 4 is 5.84 Å². The molecule has 0 saturated heterocycles. The fourth-order valence-corrected chi connectivity index (χ4v) is 2.20. The fraction of sp³-hybridized carbons (Fsp3) is 0.786. The molecule has 0 aromatic rings. The molecule has 0 aromatic heterocycles. The van der Waals surface area contributed by atoms with Crippen LogP contribution >= 0.6 is 0 Å². The predicted molar refractivity (Wildman–Crippen MR) is 73.2 cm³/mol. The van der Waals surface area contributed by atoms with Gasteiger partial charge < -0.3 is 10.0 Å². The zero-order valence-electron chi connectivity index (χ0n) is 11.2. The Bertz CT molecular complexity index is 259. The number of allylic oxidation sites excluding steroid dienone is 2. The standard InChI is InChI=1S/C14H26N2O/c1-3-4-5-6-7-8-9-10-14-15-11-12-16(14)13(2)17/h3-4,13,17H,5-12H2,1-2H3/b4-3+. The van der Waals surface area contributed by atoms with E-state index >= 15 is 0 Å². The van der Waals surface area contributed by atoms with Gasteiger partial charge in [-0.1, -0.05) is 25.0 Å². The molecule has 3 nitrogen and oxygen atoms in total. The third-order valence-electron chi connectivity index (χ3n) is 3.17. The van der Waals surface area contributed by atoms with Gasteiger partial charge in [-0.2, -0.15) is 0 Å². The number of aliphatic hydroxyl groups excluding tert-OH is 1. The van der Waals surface area contributed by atoms with E-state index in [1.807, 2.05) is 11.8 Å². The molecule has 0 spiro atoms. The number of unbranched alkanes of at least 4 members (excludes halogenated alkanes) is 4. The Labute approximate surface area is 105 Å². The molecule has 0 amide bonds. The summed E-state index contributed by atoms with van der Waals surface area (Å²) in [5.74, 6) is 1.11. The quantitative estimate of drug-likeness (QED) is 0.521. The first-order chi connectivity index (χ1) is 8.25. The van der Waals surface area contributed by atoms with Gasteiger partial charge in [-0.3, -0.25) is 4.99 Å². The number of hydrogen-bond donors (Lipinski definition) is 1. The van der Waals surface area contributed by atoms with Gasteiger partial charge in [-0.15, -0.1) is 0 Å². The van der Waals surface area contributed by atoms with Crippen molar-refractivity contribution in [3.8, 4) is 0 Å². The van der Waals surface area contributed by atoms with Gasteiger partial charge in [-0.05, 0) is 33.1 Å². The molecule has 1 N–H and O–H groups in total. The van der Waals surface area contributed by atoms with Gasteiger partial charge in [0.25, 0.3) is 0 Å². The molecule has 0 fully saturated rings. The zero-order chi connectivity index (χ0) is 12.5. The monoisotopic (exact) mass is 238 g/mol. The normalized spacial score (nSPS) is 17.8. The Hall–Kier alpha value is -0.830. The van der Waals surface area contributed by atoms with E-state index in [9.17, 15) is 5.11 Å². The van der Waals surface area contributed by atoms with Crippen LogP contribution in [0.4, 0.5) is 0 Å². The van der Waals surface area contributed by atoms with Gasteiger partial charge in [0, 0.05) is 13.0 Å². The average molecular weight is 238 g/mol. The van der Waals surface area contributed by atoms with E-state index in [2.05, 4.69) is 24.1 Å². The van der Waals surface area contributed by atoms with Crippen LogP contribution in [0.2, 0.25) is 0 Å². The highest BCUT2D eigenvalue weighted by atomic mass is 16.3. The maximum Gasteiger partial charge on any atom is 0.125 e. The van der Waals surface area contributed by atoms with Crippen molar-refractivity contribution < 1.29 is 5.11 Å². The Balaban J connectivity index is 2.06. The molecule has 1 aliphatic heterocycles. The minimum absolute atomic E-state index is 0.383. The third-order valence-corrected chi connectivity index (χ3v) is 3.17. The first kappa shape index (κ1) is 14.2. The lowest BCUT2D eigenvalue weighted by molar-refractivity contribution is 0.0766. The van der Waals surface area contributed by atoms with Crippen molar-refractivity contribution in [2.45, 2.75) is 58.6 Å². The minimum Gasteiger partial charge on any atom is -0.374 e. The summed E-state index contributed by atoms with van der Waals surface area (Å²) < 4.78 is 0. The summed E-state index contributed by atoms with van der Waals surface area (Å²) in [5.41, 5.74) is 0. The summed E-state index contributed by atoms with van der Waals surface area (Å²) in [6.45, 7) is 5.62. The van der Waals surface area contributed by atoms with Crippen molar-refractivity contribution in [1.82, 2.24) is 4.90 Å². The second-order valence-electron chi connectivity index (χ2n) is 4.65. The predicted octanol–water partition coefficient (Wildman–Crippen LogP) is 2.96. The molecule has 1 aliphatic rings.